The Kier molecular flexibility index (Phi) is 32.2. The third-order valence-corrected chi connectivity index (χ3v) is 8.27. The van der Waals surface area contributed by atoms with Crippen LogP contribution in [0.15, 0.2) is 65.6 Å². The van der Waals surface area contributed by atoms with Crippen molar-refractivity contribution < 1.29 is 74.2 Å². The van der Waals surface area contributed by atoms with Crippen LogP contribution in [0.3, 0.4) is 0 Å². The van der Waals surface area contributed by atoms with Crippen LogP contribution in [0.4, 0.5) is 4.79 Å². The number of carbonyl (C=O) groups excluding carboxylic acids is 1. The van der Waals surface area contributed by atoms with Crippen molar-refractivity contribution in [3.8, 4) is 0 Å². The Morgan fingerprint density at radius 2 is 0.714 bits per heavy atom. The van der Waals surface area contributed by atoms with Gasteiger partial charge in [-0.15, -0.1) is 0 Å². The van der Waals surface area contributed by atoms with E-state index >= 15 is 0 Å². The third-order valence-electron chi connectivity index (χ3n) is 6.95. The number of hydrogen-bond acceptors (Lipinski definition) is 16. The summed E-state index contributed by atoms with van der Waals surface area (Å²) in [5.41, 5.74) is 0.931. The van der Waals surface area contributed by atoms with Gasteiger partial charge >= 0.3 is 6.09 Å². The van der Waals surface area contributed by atoms with Gasteiger partial charge < -0.3 is 62.2 Å². The predicted octanol–water partition coefficient (Wildman–Crippen LogP) is 2.50. The van der Waals surface area contributed by atoms with Crippen molar-refractivity contribution >= 4 is 16.2 Å². The van der Waals surface area contributed by atoms with Gasteiger partial charge in [-0.25, -0.2) is 4.79 Å². The number of benzene rings is 2. The van der Waals surface area contributed by atoms with Gasteiger partial charge in [-0.1, -0.05) is 48.5 Å². The largest absolute Gasteiger partial charge is 0.445 e. The molecule has 1 amide bonds. The van der Waals surface area contributed by atoms with E-state index in [1.165, 1.54) is 12.1 Å². The molecular weight excluding hydrogens is 758 g/mol. The van der Waals surface area contributed by atoms with Gasteiger partial charge in [-0.2, -0.15) is 8.42 Å². The lowest BCUT2D eigenvalue weighted by molar-refractivity contribution is -0.0276. The molecule has 0 radical (unpaired) electrons. The van der Waals surface area contributed by atoms with Crippen LogP contribution in [0.5, 0.6) is 0 Å². The average molecular weight is 820 g/mol. The highest BCUT2D eigenvalue weighted by Crippen LogP contribution is 2.10. The highest BCUT2D eigenvalue weighted by atomic mass is 32.2. The molecule has 0 heterocycles. The zero-order chi connectivity index (χ0) is 39.9. The molecule has 0 fully saturated rings. The quantitative estimate of drug-likeness (QED) is 0.0764. The molecule has 2 aromatic carbocycles. The van der Waals surface area contributed by atoms with Crippen LogP contribution in [0, 0.1) is 0 Å². The highest BCUT2D eigenvalue weighted by molar-refractivity contribution is 7.86. The van der Waals surface area contributed by atoms with Gasteiger partial charge in [0.2, 0.25) is 0 Å². The lowest BCUT2D eigenvalue weighted by Crippen LogP contribution is -2.28. The molecule has 0 aliphatic rings. The molecule has 18 heteroatoms. The molecule has 320 valence electrons. The van der Waals surface area contributed by atoms with Crippen molar-refractivity contribution in [1.29, 1.82) is 0 Å². The summed E-state index contributed by atoms with van der Waals surface area (Å²) in [5.74, 6) is 0. The maximum absolute atomic E-state index is 12.0. The molecule has 2 aromatic rings. The maximum Gasteiger partial charge on any atom is 0.407 e. The molecule has 0 aliphatic heterocycles. The highest BCUT2D eigenvalue weighted by Gasteiger charge is 2.13. The first kappa shape index (κ1) is 49.3. The number of amides is 1. The van der Waals surface area contributed by atoms with Crippen LogP contribution in [-0.2, 0) is 77.8 Å². The summed E-state index contributed by atoms with van der Waals surface area (Å²) >= 11 is 0. The molecule has 56 heavy (non-hydrogen) atoms. The normalized spacial score (nSPS) is 11.6. The Bertz CT molecular complexity index is 1260. The summed E-state index contributed by atoms with van der Waals surface area (Å²) in [5, 5.41) is 2.64. The van der Waals surface area contributed by atoms with Crippen molar-refractivity contribution in [2.75, 3.05) is 159 Å². The van der Waals surface area contributed by atoms with Crippen LogP contribution >= 0.6 is 0 Å². The third kappa shape index (κ3) is 30.3. The van der Waals surface area contributed by atoms with Gasteiger partial charge in [0, 0.05) is 6.54 Å². The Hall–Kier alpha value is -2.82. The van der Waals surface area contributed by atoms with Crippen LogP contribution in [0.25, 0.3) is 0 Å². The van der Waals surface area contributed by atoms with Gasteiger partial charge in [0.15, 0.2) is 0 Å². The molecule has 0 saturated carbocycles. The monoisotopic (exact) mass is 819 g/mol. The number of rotatable bonds is 40. The van der Waals surface area contributed by atoms with Crippen LogP contribution in [0.2, 0.25) is 0 Å². The van der Waals surface area contributed by atoms with Gasteiger partial charge in [0.1, 0.15) is 6.61 Å². The van der Waals surface area contributed by atoms with Gasteiger partial charge in [0.25, 0.3) is 10.1 Å². The first-order valence-corrected chi connectivity index (χ1v) is 20.2. The second-order valence-corrected chi connectivity index (χ2v) is 12.9. The lowest BCUT2D eigenvalue weighted by Gasteiger charge is -2.09. The summed E-state index contributed by atoms with van der Waals surface area (Å²) in [6, 6.07) is 17.4. The zero-order valence-corrected chi connectivity index (χ0v) is 33.2. The smallest absolute Gasteiger partial charge is 0.407 e. The van der Waals surface area contributed by atoms with E-state index in [0.29, 0.717) is 145 Å². The minimum atomic E-state index is -3.77. The van der Waals surface area contributed by atoms with Crippen molar-refractivity contribution in [3.05, 3.63) is 66.2 Å². The molecule has 1 N–H and O–H groups in total. The number of ether oxygens (including phenoxy) is 12. The molecular formula is C38H61NO16S. The van der Waals surface area contributed by atoms with Gasteiger partial charge in [0.05, 0.1) is 157 Å². The summed E-state index contributed by atoms with van der Waals surface area (Å²) in [4.78, 5) is 11.8. The van der Waals surface area contributed by atoms with Gasteiger partial charge in [-0.05, 0) is 17.7 Å². The van der Waals surface area contributed by atoms with E-state index in [-0.39, 0.29) is 24.7 Å². The van der Waals surface area contributed by atoms with E-state index in [1.54, 1.807) is 18.2 Å². The molecule has 0 spiro atoms. The zero-order valence-electron chi connectivity index (χ0n) is 32.4. The summed E-state index contributed by atoms with van der Waals surface area (Å²) in [6.07, 6.45) is -0.476. The molecule has 0 saturated heterocycles. The number of nitrogens with one attached hydrogen (secondary N) is 1. The minimum absolute atomic E-state index is 0.0649. The summed E-state index contributed by atoms with van der Waals surface area (Å²) in [7, 11) is -3.77. The SMILES string of the molecule is O=C(NCCOCCOCCOCCOCCOCCOCCOCCOCCOCCOCCOCCOS(=O)(=O)c1ccccc1)OCc1ccccc1. The Morgan fingerprint density at radius 1 is 0.411 bits per heavy atom. The first-order chi connectivity index (χ1) is 27.6. The van der Waals surface area contributed by atoms with Crippen molar-refractivity contribution in [1.82, 2.24) is 5.32 Å². The lowest BCUT2D eigenvalue weighted by atomic mass is 10.2. The van der Waals surface area contributed by atoms with Crippen molar-refractivity contribution in [2.24, 2.45) is 0 Å². The van der Waals surface area contributed by atoms with Gasteiger partial charge in [-0.3, -0.25) is 4.18 Å². The van der Waals surface area contributed by atoms with E-state index in [1.807, 2.05) is 30.3 Å². The van der Waals surface area contributed by atoms with E-state index in [2.05, 4.69) is 5.32 Å². The topological polar surface area (TPSA) is 183 Å². The summed E-state index contributed by atoms with van der Waals surface area (Å²) in [6.45, 7) is 9.93. The van der Waals surface area contributed by atoms with Crippen LogP contribution in [0.1, 0.15) is 5.56 Å². The van der Waals surface area contributed by atoms with Crippen LogP contribution in [-0.4, -0.2) is 173 Å². The summed E-state index contributed by atoms with van der Waals surface area (Å²) < 4.78 is 93.9. The van der Waals surface area contributed by atoms with E-state index in [4.69, 9.17) is 61.0 Å². The maximum atomic E-state index is 12.0. The fourth-order valence-electron chi connectivity index (χ4n) is 4.16. The standard InChI is InChI=1S/C38H61NO16S/c40-38(54-35-36-7-3-1-4-8-36)39-11-12-43-13-14-44-15-16-45-17-18-46-19-20-47-21-22-48-23-24-49-25-26-50-27-28-51-29-30-52-31-32-53-33-34-55-56(41,42)37-9-5-2-6-10-37/h1-10H,11-35H2,(H,39,40). The fraction of sp³-hybridized carbons (Fsp3) is 0.658. The van der Waals surface area contributed by atoms with E-state index in [9.17, 15) is 13.2 Å². The second kappa shape index (κ2) is 36.5. The van der Waals surface area contributed by atoms with E-state index < -0.39 is 16.2 Å². The molecule has 0 bridgehead atoms. The molecule has 0 unspecified atom stereocenters. The number of hydrogen-bond donors (Lipinski definition) is 1. The Morgan fingerprint density at radius 3 is 1.07 bits per heavy atom. The predicted molar refractivity (Wildman–Crippen MR) is 203 cm³/mol. The second-order valence-electron chi connectivity index (χ2n) is 11.3. The molecule has 0 atom stereocenters. The number of carbonyl (C=O) groups is 1. The fourth-order valence-corrected chi connectivity index (χ4v) is 5.07. The molecule has 0 aliphatic carbocycles. The van der Waals surface area contributed by atoms with Crippen molar-refractivity contribution in [2.45, 2.75) is 11.5 Å². The first-order valence-electron chi connectivity index (χ1n) is 18.8. The van der Waals surface area contributed by atoms with E-state index in [0.717, 1.165) is 5.56 Å². The molecule has 0 aromatic heterocycles. The average Bonchev–Trinajstić information content (AvgIpc) is 3.22. The Labute approximate surface area is 331 Å². The van der Waals surface area contributed by atoms with Crippen molar-refractivity contribution in [3.63, 3.8) is 0 Å². The minimum Gasteiger partial charge on any atom is -0.445 e. The van der Waals surface area contributed by atoms with Crippen LogP contribution < -0.4 is 5.32 Å². The molecule has 2 rings (SSSR count). The molecule has 17 nitrogen and oxygen atoms in total. The Balaban J connectivity index is 1.15. The number of alkyl carbamates (subject to hydrolysis) is 1.